The maximum atomic E-state index is 12.2. The Bertz CT molecular complexity index is 603. The fourth-order valence-corrected chi connectivity index (χ4v) is 4.15. The molecule has 2 fully saturated rings. The smallest absolute Gasteiger partial charge is 0.276 e. The zero-order chi connectivity index (χ0) is 13.6. The monoisotopic (exact) mass is 284 g/mol. The summed E-state index contributed by atoms with van der Waals surface area (Å²) in [6.45, 7) is 0. The zero-order valence-corrected chi connectivity index (χ0v) is 11.5. The van der Waals surface area contributed by atoms with E-state index < -0.39 is 9.84 Å². The largest absolute Gasteiger partial charge is 0.360 e. The van der Waals surface area contributed by atoms with Gasteiger partial charge >= 0.3 is 0 Å². The van der Waals surface area contributed by atoms with Gasteiger partial charge in [0.1, 0.15) is 5.76 Å². The van der Waals surface area contributed by atoms with Gasteiger partial charge < -0.3 is 9.42 Å². The Morgan fingerprint density at radius 2 is 2.16 bits per heavy atom. The van der Waals surface area contributed by atoms with Crippen LogP contribution in [0.3, 0.4) is 0 Å². The summed E-state index contributed by atoms with van der Waals surface area (Å²) in [5.74, 6) is 1.10. The Hall–Kier alpha value is -1.37. The van der Waals surface area contributed by atoms with E-state index >= 15 is 0 Å². The first kappa shape index (κ1) is 12.7. The number of nitrogens with zero attached hydrogens (tertiary/aromatic N) is 2. The highest BCUT2D eigenvalue weighted by Gasteiger charge is 2.35. The first-order chi connectivity index (χ1) is 8.96. The number of amides is 1. The highest BCUT2D eigenvalue weighted by Crippen LogP contribution is 2.40. The summed E-state index contributed by atoms with van der Waals surface area (Å²) in [4.78, 5) is 13.7. The van der Waals surface area contributed by atoms with Crippen molar-refractivity contribution >= 4 is 15.7 Å². The average molecular weight is 284 g/mol. The Balaban J connectivity index is 1.72. The normalized spacial score (nSPS) is 25.4. The molecule has 19 heavy (non-hydrogen) atoms. The Morgan fingerprint density at radius 3 is 2.74 bits per heavy atom. The van der Waals surface area contributed by atoms with Gasteiger partial charge in [0, 0.05) is 25.1 Å². The van der Waals surface area contributed by atoms with Crippen LogP contribution >= 0.6 is 0 Å². The summed E-state index contributed by atoms with van der Waals surface area (Å²) in [5.41, 5.74) is 0.272. The van der Waals surface area contributed by atoms with Crippen molar-refractivity contribution in [2.45, 2.75) is 31.2 Å². The fourth-order valence-electron chi connectivity index (χ4n) is 2.38. The minimum atomic E-state index is -2.99. The van der Waals surface area contributed by atoms with Crippen molar-refractivity contribution in [3.63, 3.8) is 0 Å². The van der Waals surface area contributed by atoms with E-state index in [4.69, 9.17) is 4.52 Å². The van der Waals surface area contributed by atoms with E-state index in [1.54, 1.807) is 13.1 Å². The lowest BCUT2D eigenvalue weighted by Gasteiger charge is -2.21. The third-order valence-corrected chi connectivity index (χ3v) is 5.55. The maximum absolute atomic E-state index is 12.2. The first-order valence-corrected chi connectivity index (χ1v) is 8.22. The molecule has 3 rings (SSSR count). The molecule has 1 aromatic heterocycles. The number of hydrogen-bond acceptors (Lipinski definition) is 5. The molecule has 0 aromatic carbocycles. The van der Waals surface area contributed by atoms with Crippen LogP contribution in [0.2, 0.25) is 0 Å². The van der Waals surface area contributed by atoms with Crippen LogP contribution in [0.5, 0.6) is 0 Å². The number of rotatable bonds is 3. The van der Waals surface area contributed by atoms with Gasteiger partial charge in [-0.2, -0.15) is 0 Å². The van der Waals surface area contributed by atoms with E-state index in [1.807, 2.05) is 0 Å². The van der Waals surface area contributed by atoms with Crippen molar-refractivity contribution in [3.05, 3.63) is 17.5 Å². The minimum absolute atomic E-state index is 0.0442. The molecule has 7 heteroatoms. The topological polar surface area (TPSA) is 80.5 Å². The van der Waals surface area contributed by atoms with Gasteiger partial charge in [0.15, 0.2) is 15.5 Å². The SMILES string of the molecule is CN(C(=O)c1cc(C2CC2)on1)C1CCS(=O)(=O)C1. The van der Waals surface area contributed by atoms with Gasteiger partial charge in [0.05, 0.1) is 11.5 Å². The van der Waals surface area contributed by atoms with Crippen LogP contribution in [-0.2, 0) is 9.84 Å². The molecule has 2 heterocycles. The predicted molar refractivity (Wildman–Crippen MR) is 67.6 cm³/mol. The Kier molecular flexibility index (Phi) is 2.88. The van der Waals surface area contributed by atoms with Crippen molar-refractivity contribution in [2.24, 2.45) is 0 Å². The molecule has 1 saturated carbocycles. The highest BCUT2D eigenvalue weighted by atomic mass is 32.2. The van der Waals surface area contributed by atoms with Crippen molar-refractivity contribution in [1.29, 1.82) is 0 Å². The Morgan fingerprint density at radius 1 is 1.42 bits per heavy atom. The highest BCUT2D eigenvalue weighted by molar-refractivity contribution is 7.91. The molecule has 1 aliphatic heterocycles. The molecule has 1 aliphatic carbocycles. The van der Waals surface area contributed by atoms with E-state index in [-0.39, 0.29) is 29.1 Å². The van der Waals surface area contributed by atoms with Gasteiger partial charge in [-0.25, -0.2) is 8.42 Å². The summed E-state index contributed by atoms with van der Waals surface area (Å²) < 4.78 is 28.0. The van der Waals surface area contributed by atoms with E-state index in [0.717, 1.165) is 18.6 Å². The van der Waals surface area contributed by atoms with Crippen molar-refractivity contribution in [2.75, 3.05) is 18.6 Å². The molecule has 0 spiro atoms. The minimum Gasteiger partial charge on any atom is -0.360 e. The van der Waals surface area contributed by atoms with Crippen molar-refractivity contribution in [3.8, 4) is 0 Å². The van der Waals surface area contributed by atoms with Crippen molar-refractivity contribution in [1.82, 2.24) is 10.1 Å². The van der Waals surface area contributed by atoms with E-state index in [0.29, 0.717) is 12.3 Å². The molecular weight excluding hydrogens is 268 g/mol. The molecule has 6 nitrogen and oxygen atoms in total. The van der Waals surface area contributed by atoms with Crippen LogP contribution in [0.1, 0.15) is 41.4 Å². The molecule has 2 aliphatic rings. The fraction of sp³-hybridized carbons (Fsp3) is 0.667. The van der Waals surface area contributed by atoms with Gasteiger partial charge in [-0.15, -0.1) is 0 Å². The molecule has 0 N–H and O–H groups in total. The molecule has 1 saturated heterocycles. The van der Waals surface area contributed by atoms with Crippen molar-refractivity contribution < 1.29 is 17.7 Å². The second-order valence-corrected chi connectivity index (χ2v) is 7.59. The molecule has 1 atom stereocenters. The number of carbonyl (C=O) groups is 1. The van der Waals surface area contributed by atoms with Gasteiger partial charge in [0.2, 0.25) is 0 Å². The van der Waals surface area contributed by atoms with Gasteiger partial charge in [0.25, 0.3) is 5.91 Å². The van der Waals surface area contributed by atoms with E-state index in [1.165, 1.54) is 4.90 Å². The molecule has 1 amide bonds. The van der Waals surface area contributed by atoms with E-state index in [2.05, 4.69) is 5.16 Å². The standard InChI is InChI=1S/C12H16N2O4S/c1-14(9-4-5-19(16,17)7-9)12(15)10-6-11(18-13-10)8-2-3-8/h6,8-9H,2-5,7H2,1H3. The molecule has 0 bridgehead atoms. The number of aromatic nitrogens is 1. The summed E-state index contributed by atoms with van der Waals surface area (Å²) in [6, 6.07) is 1.43. The summed E-state index contributed by atoms with van der Waals surface area (Å²) in [7, 11) is -1.37. The van der Waals surface area contributed by atoms with Crippen LogP contribution in [0.4, 0.5) is 0 Å². The predicted octanol–water partition coefficient (Wildman–Crippen LogP) is 0.811. The Labute approximate surface area is 111 Å². The number of sulfone groups is 1. The second-order valence-electron chi connectivity index (χ2n) is 5.36. The van der Waals surface area contributed by atoms with Gasteiger partial charge in [-0.05, 0) is 19.3 Å². The first-order valence-electron chi connectivity index (χ1n) is 6.40. The van der Waals surface area contributed by atoms with Crippen LogP contribution in [0, 0.1) is 0 Å². The second kappa shape index (κ2) is 4.33. The molecule has 0 radical (unpaired) electrons. The number of hydrogen-bond donors (Lipinski definition) is 0. The van der Waals surface area contributed by atoms with Crippen LogP contribution in [-0.4, -0.2) is 49.0 Å². The maximum Gasteiger partial charge on any atom is 0.276 e. The summed E-state index contributed by atoms with van der Waals surface area (Å²) in [6.07, 6.45) is 2.66. The lowest BCUT2D eigenvalue weighted by Crippen LogP contribution is -2.37. The summed E-state index contributed by atoms with van der Waals surface area (Å²) >= 11 is 0. The van der Waals surface area contributed by atoms with Gasteiger partial charge in [-0.1, -0.05) is 5.16 Å². The third-order valence-electron chi connectivity index (χ3n) is 3.80. The number of carbonyl (C=O) groups excluding carboxylic acids is 1. The molecule has 104 valence electrons. The van der Waals surface area contributed by atoms with Gasteiger partial charge in [-0.3, -0.25) is 4.79 Å². The molecule has 1 aromatic rings. The molecule has 1 unspecified atom stereocenters. The summed E-state index contributed by atoms with van der Waals surface area (Å²) in [5, 5.41) is 3.79. The lowest BCUT2D eigenvalue weighted by molar-refractivity contribution is 0.0737. The average Bonchev–Trinajstić information content (AvgIpc) is 2.98. The third kappa shape index (κ3) is 2.51. The lowest BCUT2D eigenvalue weighted by atomic mass is 10.2. The quantitative estimate of drug-likeness (QED) is 0.820. The molecular formula is C12H16N2O4S. The van der Waals surface area contributed by atoms with Crippen LogP contribution < -0.4 is 0 Å². The van der Waals surface area contributed by atoms with E-state index in [9.17, 15) is 13.2 Å². The van der Waals surface area contributed by atoms with Crippen LogP contribution in [0.15, 0.2) is 10.6 Å². The van der Waals surface area contributed by atoms with Crippen LogP contribution in [0.25, 0.3) is 0 Å². The zero-order valence-electron chi connectivity index (χ0n) is 10.7.